The van der Waals surface area contributed by atoms with Gasteiger partial charge in [0.1, 0.15) is 0 Å². The molecule has 0 radical (unpaired) electrons. The normalized spacial score (nSPS) is 11.6. The molecule has 0 fully saturated rings. The second-order valence-corrected chi connectivity index (χ2v) is 14.9. The van der Waals surface area contributed by atoms with Crippen molar-refractivity contribution in [1.82, 2.24) is 24.5 Å². The van der Waals surface area contributed by atoms with Crippen LogP contribution >= 0.6 is 11.3 Å². The molecule has 0 N–H and O–H groups in total. The van der Waals surface area contributed by atoms with E-state index in [9.17, 15) is 0 Å². The quantitative estimate of drug-likeness (QED) is 0.171. The Hall–Kier alpha value is -7.28. The van der Waals surface area contributed by atoms with Gasteiger partial charge in [0.2, 0.25) is 5.95 Å². The maximum absolute atomic E-state index is 5.33. The van der Waals surface area contributed by atoms with Crippen molar-refractivity contribution in [2.24, 2.45) is 0 Å². The Morgan fingerprint density at radius 2 is 0.911 bits per heavy atom. The molecule has 0 atom stereocenters. The standard InChI is InChI=1S/C50H31N5S/c1-4-15-32(16-5-1)42-30-37(31-43(51-42)33-17-6-2-7-18-33)35-21-14-22-36(29-35)49-52-48(34-19-8-3-9-20-34)53-50(54-49)55-44-25-12-10-23-38(44)40-27-28-41-39-24-11-13-26-45(39)56-47(41)46(40)55/h1-31H. The summed E-state index contributed by atoms with van der Waals surface area (Å²) in [6.07, 6.45) is 0. The van der Waals surface area contributed by atoms with Crippen molar-refractivity contribution in [2.75, 3.05) is 0 Å². The second kappa shape index (κ2) is 13.2. The van der Waals surface area contributed by atoms with Gasteiger partial charge in [-0.1, -0.05) is 158 Å². The van der Waals surface area contributed by atoms with Gasteiger partial charge in [0.15, 0.2) is 11.6 Å². The lowest BCUT2D eigenvalue weighted by atomic mass is 9.98. The summed E-state index contributed by atoms with van der Waals surface area (Å²) in [6.45, 7) is 0. The maximum Gasteiger partial charge on any atom is 0.238 e. The van der Waals surface area contributed by atoms with E-state index < -0.39 is 0 Å². The average molecular weight is 734 g/mol. The fourth-order valence-corrected chi connectivity index (χ4v) is 9.04. The first-order valence-corrected chi connectivity index (χ1v) is 19.5. The van der Waals surface area contributed by atoms with Crippen LogP contribution in [0.25, 0.3) is 104 Å². The van der Waals surface area contributed by atoms with Crippen LogP contribution in [0.4, 0.5) is 0 Å². The number of para-hydroxylation sites is 1. The minimum atomic E-state index is 0.581. The third-order valence-corrected chi connectivity index (χ3v) is 11.6. The van der Waals surface area contributed by atoms with Gasteiger partial charge in [-0.3, -0.25) is 4.57 Å². The molecule has 0 bridgehead atoms. The average Bonchev–Trinajstić information content (AvgIpc) is 3.83. The molecule has 0 amide bonds. The predicted molar refractivity (Wildman–Crippen MR) is 232 cm³/mol. The molecular formula is C50H31N5S. The fraction of sp³-hybridized carbons (Fsp3) is 0. The van der Waals surface area contributed by atoms with Crippen molar-refractivity contribution in [2.45, 2.75) is 0 Å². The summed E-state index contributed by atoms with van der Waals surface area (Å²) >= 11 is 1.82. The van der Waals surface area contributed by atoms with Crippen molar-refractivity contribution < 1.29 is 0 Å². The van der Waals surface area contributed by atoms with Gasteiger partial charge in [-0.25, -0.2) is 9.97 Å². The van der Waals surface area contributed by atoms with Crippen LogP contribution in [0.1, 0.15) is 0 Å². The summed E-state index contributed by atoms with van der Waals surface area (Å²) in [5.41, 5.74) is 10.1. The zero-order valence-corrected chi connectivity index (χ0v) is 30.9. The minimum Gasteiger partial charge on any atom is -0.276 e. The highest BCUT2D eigenvalue weighted by Crippen LogP contribution is 2.43. The van der Waals surface area contributed by atoms with E-state index in [1.165, 1.54) is 25.6 Å². The molecule has 5 nitrogen and oxygen atoms in total. The van der Waals surface area contributed by atoms with Crippen LogP contribution in [0.2, 0.25) is 0 Å². The Labute approximate surface area is 326 Å². The highest BCUT2D eigenvalue weighted by Gasteiger charge is 2.21. The number of rotatable bonds is 6. The third kappa shape index (κ3) is 5.46. The van der Waals surface area contributed by atoms with E-state index >= 15 is 0 Å². The van der Waals surface area contributed by atoms with E-state index in [-0.39, 0.29) is 0 Å². The largest absolute Gasteiger partial charge is 0.276 e. The number of nitrogens with zero attached hydrogens (tertiary/aromatic N) is 5. The SMILES string of the molecule is c1ccc(-c2cc(-c3cccc(-c4nc(-c5ccccc5)nc(-n5c6ccccc6c6ccc7c8ccccc8sc7c65)n4)c3)cc(-c3ccccc3)n2)cc1. The number of fused-ring (bicyclic) bond motifs is 7. The number of pyridine rings is 1. The molecule has 4 heterocycles. The van der Waals surface area contributed by atoms with Crippen LogP contribution in [-0.2, 0) is 0 Å². The van der Waals surface area contributed by atoms with Gasteiger partial charge in [-0.2, -0.15) is 9.97 Å². The van der Waals surface area contributed by atoms with Crippen molar-refractivity contribution in [3.8, 4) is 62.4 Å². The number of hydrogen-bond donors (Lipinski definition) is 0. The molecule has 0 aliphatic carbocycles. The van der Waals surface area contributed by atoms with Gasteiger partial charge in [0.05, 0.1) is 27.1 Å². The Morgan fingerprint density at radius 3 is 1.62 bits per heavy atom. The molecule has 0 unspecified atom stereocenters. The molecule has 0 spiro atoms. The molecule has 4 aromatic heterocycles. The molecule has 6 heteroatoms. The van der Waals surface area contributed by atoms with Crippen molar-refractivity contribution in [1.29, 1.82) is 0 Å². The molecule has 7 aromatic carbocycles. The predicted octanol–water partition coefficient (Wildman–Crippen LogP) is 13.1. The Kier molecular flexibility index (Phi) is 7.60. The lowest BCUT2D eigenvalue weighted by Crippen LogP contribution is -2.06. The van der Waals surface area contributed by atoms with Crippen LogP contribution in [0.15, 0.2) is 188 Å². The van der Waals surface area contributed by atoms with Crippen molar-refractivity contribution in [3.05, 3.63) is 188 Å². The zero-order chi connectivity index (χ0) is 37.0. The van der Waals surface area contributed by atoms with E-state index in [0.717, 1.165) is 61.2 Å². The lowest BCUT2D eigenvalue weighted by molar-refractivity contribution is 0.955. The molecule has 11 rings (SSSR count). The van der Waals surface area contributed by atoms with E-state index in [2.05, 4.69) is 162 Å². The summed E-state index contributed by atoms with van der Waals surface area (Å²) in [6, 6.07) is 65.4. The summed E-state index contributed by atoms with van der Waals surface area (Å²) in [4.78, 5) is 20.8. The summed E-state index contributed by atoms with van der Waals surface area (Å²) in [5.74, 6) is 1.80. The molecule has 0 saturated carbocycles. The van der Waals surface area contributed by atoms with Crippen LogP contribution < -0.4 is 0 Å². The minimum absolute atomic E-state index is 0.581. The van der Waals surface area contributed by atoms with E-state index in [4.69, 9.17) is 19.9 Å². The van der Waals surface area contributed by atoms with Gasteiger partial charge in [-0.05, 0) is 41.5 Å². The number of hydrogen-bond acceptors (Lipinski definition) is 5. The first-order valence-electron chi connectivity index (χ1n) is 18.6. The van der Waals surface area contributed by atoms with Crippen molar-refractivity contribution >= 4 is 53.3 Å². The van der Waals surface area contributed by atoms with Crippen LogP contribution in [-0.4, -0.2) is 24.5 Å². The van der Waals surface area contributed by atoms with E-state index in [0.29, 0.717) is 17.6 Å². The lowest BCUT2D eigenvalue weighted by Gasteiger charge is -2.13. The topological polar surface area (TPSA) is 56.5 Å². The highest BCUT2D eigenvalue weighted by atomic mass is 32.1. The molecule has 262 valence electrons. The van der Waals surface area contributed by atoms with Crippen LogP contribution in [0, 0.1) is 0 Å². The van der Waals surface area contributed by atoms with Gasteiger partial charge in [-0.15, -0.1) is 11.3 Å². The van der Waals surface area contributed by atoms with Crippen molar-refractivity contribution in [3.63, 3.8) is 0 Å². The molecular weight excluding hydrogens is 703 g/mol. The summed E-state index contributed by atoms with van der Waals surface area (Å²) < 4.78 is 4.71. The Bertz CT molecular complexity index is 3190. The van der Waals surface area contributed by atoms with Gasteiger partial charge >= 0.3 is 0 Å². The van der Waals surface area contributed by atoms with E-state index in [1.807, 2.05) is 41.7 Å². The van der Waals surface area contributed by atoms with Gasteiger partial charge < -0.3 is 0 Å². The number of aromatic nitrogens is 5. The maximum atomic E-state index is 5.33. The molecule has 0 aliphatic heterocycles. The smallest absolute Gasteiger partial charge is 0.238 e. The molecule has 0 aliphatic rings. The number of thiophene rings is 1. The van der Waals surface area contributed by atoms with Gasteiger partial charge in [0.25, 0.3) is 0 Å². The highest BCUT2D eigenvalue weighted by molar-refractivity contribution is 7.26. The van der Waals surface area contributed by atoms with Gasteiger partial charge in [0, 0.05) is 48.5 Å². The second-order valence-electron chi connectivity index (χ2n) is 13.9. The Morgan fingerprint density at radius 1 is 0.357 bits per heavy atom. The third-order valence-electron chi connectivity index (χ3n) is 10.5. The first kappa shape index (κ1) is 32.2. The first-order chi connectivity index (χ1) is 27.7. The fourth-order valence-electron chi connectivity index (χ4n) is 7.80. The number of benzene rings is 7. The summed E-state index contributed by atoms with van der Waals surface area (Å²) in [5, 5.41) is 4.82. The van der Waals surface area contributed by atoms with Crippen LogP contribution in [0.3, 0.4) is 0 Å². The van der Waals surface area contributed by atoms with E-state index in [1.54, 1.807) is 0 Å². The molecule has 0 saturated heterocycles. The molecule has 11 aromatic rings. The zero-order valence-electron chi connectivity index (χ0n) is 30.0. The Balaban J connectivity index is 1.14. The summed E-state index contributed by atoms with van der Waals surface area (Å²) in [7, 11) is 0. The van der Waals surface area contributed by atoms with Crippen LogP contribution in [0.5, 0.6) is 0 Å². The molecule has 56 heavy (non-hydrogen) atoms. The monoisotopic (exact) mass is 733 g/mol.